The van der Waals surface area contributed by atoms with Gasteiger partial charge in [0.1, 0.15) is 29.3 Å². The minimum Gasteiger partial charge on any atom is -0.507 e. The zero-order chi connectivity index (χ0) is 34.8. The number of aromatic nitrogens is 4. The molecule has 3 aromatic heterocycles. The van der Waals surface area contributed by atoms with E-state index < -0.39 is 47.2 Å². The summed E-state index contributed by atoms with van der Waals surface area (Å²) in [5, 5.41) is 10.7. The van der Waals surface area contributed by atoms with E-state index in [-0.39, 0.29) is 72.0 Å². The van der Waals surface area contributed by atoms with Gasteiger partial charge in [0, 0.05) is 42.7 Å². The number of hydrogen-bond donors (Lipinski definition) is 1. The second kappa shape index (κ2) is 11.2. The van der Waals surface area contributed by atoms with Crippen molar-refractivity contribution in [3.05, 3.63) is 76.6 Å². The number of likely N-dealkylation sites (N-methyl/N-ethyl adjacent to an activating group) is 1. The first-order valence-electron chi connectivity index (χ1n) is 16.2. The van der Waals surface area contributed by atoms with Crippen molar-refractivity contribution in [1.29, 1.82) is 0 Å². The number of fused-ring (bicyclic) bond motifs is 5. The summed E-state index contributed by atoms with van der Waals surface area (Å²) in [6.07, 6.45) is 2.57. The van der Waals surface area contributed by atoms with E-state index in [1.54, 1.807) is 4.90 Å². The summed E-state index contributed by atoms with van der Waals surface area (Å²) in [5.41, 5.74) is -0.783. The summed E-state index contributed by atoms with van der Waals surface area (Å²) >= 11 is 0. The Hall–Kier alpha value is -4.87. The van der Waals surface area contributed by atoms with Gasteiger partial charge in [0.05, 0.1) is 34.4 Å². The highest BCUT2D eigenvalue weighted by molar-refractivity contribution is 6.00. The number of amides is 1. The van der Waals surface area contributed by atoms with Crippen LogP contribution in [-0.4, -0.2) is 74.6 Å². The maximum atomic E-state index is 16.3. The average molecular weight is 619 g/mol. The van der Waals surface area contributed by atoms with Crippen LogP contribution in [-0.2, 0) is 4.79 Å². The fourth-order valence-corrected chi connectivity index (χ4v) is 6.34. The number of benzene rings is 1. The van der Waals surface area contributed by atoms with Crippen LogP contribution >= 0.6 is 0 Å². The van der Waals surface area contributed by atoms with Gasteiger partial charge < -0.3 is 19.8 Å². The standard InChI is InChI=1S/C33H35F2N7O3/c1-7-24(44)40-11-12-41-19(15-40)14-39(6)31-29(41)20-13-22(35)28(25-21(34)9-8-10-23(25)43)38-32(20)42(33(31)45)30-26(17(2)3)36-16-37-27(30)18(4)5/h7-10,13,16-19,43H,1,11-12,14-15H2,2-6H3/t19-/m0/s1/i6D3. The zero-order valence-corrected chi connectivity index (χ0v) is 25.4. The Bertz CT molecular complexity index is 1990. The summed E-state index contributed by atoms with van der Waals surface area (Å²) in [7, 11) is 0. The number of carbonyl (C=O) groups is 1. The number of rotatable bonds is 5. The van der Waals surface area contributed by atoms with E-state index in [2.05, 4.69) is 21.5 Å². The van der Waals surface area contributed by atoms with E-state index >= 15 is 13.6 Å². The number of phenolic OH excluding ortho intramolecular Hbond substituents is 1. The van der Waals surface area contributed by atoms with Crippen molar-refractivity contribution >= 4 is 28.3 Å². The van der Waals surface area contributed by atoms with Gasteiger partial charge in [-0.2, -0.15) is 0 Å². The van der Waals surface area contributed by atoms with Crippen molar-refractivity contribution in [3.63, 3.8) is 0 Å². The van der Waals surface area contributed by atoms with Crippen LogP contribution in [0.3, 0.4) is 0 Å². The van der Waals surface area contributed by atoms with E-state index in [0.717, 1.165) is 17.0 Å². The Morgan fingerprint density at radius 1 is 1.07 bits per heavy atom. The Kier molecular flexibility index (Phi) is 6.63. The molecule has 0 spiro atoms. The first-order chi connectivity index (χ1) is 22.6. The SMILES string of the molecule is [2H]C([2H])([2H])N1C[C@H]2CN(C(=O)C=C)CCN2c2c1c(=O)n(-c1c(C(C)C)ncnc1C(C)C)c1nc(-c3c(O)cccc3F)c(F)cc21. The summed E-state index contributed by atoms with van der Waals surface area (Å²) in [4.78, 5) is 45.6. The summed E-state index contributed by atoms with van der Waals surface area (Å²) < 4.78 is 58.1. The molecule has 1 saturated heterocycles. The molecule has 12 heteroatoms. The molecule has 1 aromatic carbocycles. The number of nitrogens with zero attached hydrogens (tertiary/aromatic N) is 7. The maximum Gasteiger partial charge on any atom is 0.282 e. The van der Waals surface area contributed by atoms with Crippen molar-refractivity contribution in [3.8, 4) is 22.7 Å². The van der Waals surface area contributed by atoms with Gasteiger partial charge in [-0.3, -0.25) is 14.2 Å². The third kappa shape index (κ3) is 4.79. The van der Waals surface area contributed by atoms with E-state index in [1.807, 2.05) is 32.6 Å². The van der Waals surface area contributed by atoms with E-state index in [0.29, 0.717) is 11.4 Å². The number of anilines is 2. The molecule has 5 heterocycles. The molecule has 2 aliphatic heterocycles. The third-order valence-electron chi connectivity index (χ3n) is 8.40. The number of piperazine rings is 1. The first kappa shape index (κ1) is 26.5. The smallest absolute Gasteiger partial charge is 0.282 e. The Balaban J connectivity index is 1.80. The molecule has 0 unspecified atom stereocenters. The van der Waals surface area contributed by atoms with E-state index in [1.165, 1.54) is 29.1 Å². The lowest BCUT2D eigenvalue weighted by molar-refractivity contribution is -0.126. The van der Waals surface area contributed by atoms with Gasteiger partial charge in [-0.15, -0.1) is 0 Å². The van der Waals surface area contributed by atoms with Crippen LogP contribution < -0.4 is 15.4 Å². The molecule has 0 radical (unpaired) electrons. The predicted molar refractivity (Wildman–Crippen MR) is 169 cm³/mol. The lowest BCUT2D eigenvalue weighted by Crippen LogP contribution is -2.61. The van der Waals surface area contributed by atoms with Crippen LogP contribution in [0.4, 0.5) is 20.2 Å². The number of carbonyl (C=O) groups excluding carboxylic acids is 1. The molecule has 1 amide bonds. The molecule has 0 bridgehead atoms. The summed E-state index contributed by atoms with van der Waals surface area (Å²) in [6.45, 7) is 8.68. The molecule has 1 fully saturated rings. The van der Waals surface area contributed by atoms with Crippen LogP contribution in [0.5, 0.6) is 5.75 Å². The number of phenols is 1. The van der Waals surface area contributed by atoms with E-state index in [9.17, 15) is 9.90 Å². The van der Waals surface area contributed by atoms with Crippen LogP contribution in [0.15, 0.2) is 48.0 Å². The molecule has 45 heavy (non-hydrogen) atoms. The lowest BCUT2D eigenvalue weighted by Gasteiger charge is -2.48. The van der Waals surface area contributed by atoms with Crippen molar-refractivity contribution < 1.29 is 22.8 Å². The van der Waals surface area contributed by atoms with Gasteiger partial charge in [0.25, 0.3) is 5.56 Å². The minimum atomic E-state index is -2.81. The van der Waals surface area contributed by atoms with Gasteiger partial charge >= 0.3 is 0 Å². The molecule has 0 saturated carbocycles. The van der Waals surface area contributed by atoms with Gasteiger partial charge in [0.15, 0.2) is 11.5 Å². The van der Waals surface area contributed by atoms with Gasteiger partial charge in [-0.25, -0.2) is 23.7 Å². The number of hydrogen-bond acceptors (Lipinski definition) is 8. The molecular weight excluding hydrogens is 580 g/mol. The number of halogens is 2. The van der Waals surface area contributed by atoms with Gasteiger partial charge in [0.2, 0.25) is 5.91 Å². The monoisotopic (exact) mass is 618 g/mol. The molecule has 234 valence electrons. The molecule has 2 aliphatic rings. The molecular formula is C33H35F2N7O3. The molecule has 1 N–H and O–H groups in total. The fourth-order valence-electron chi connectivity index (χ4n) is 6.34. The van der Waals surface area contributed by atoms with Gasteiger partial charge in [-0.1, -0.05) is 40.3 Å². The van der Waals surface area contributed by atoms with Gasteiger partial charge in [-0.05, 0) is 36.1 Å². The second-order valence-electron chi connectivity index (χ2n) is 11.9. The van der Waals surface area contributed by atoms with Crippen LogP contribution in [0.25, 0.3) is 28.0 Å². The fraction of sp³-hybridized carbons (Fsp3) is 0.364. The topological polar surface area (TPSA) is 108 Å². The predicted octanol–water partition coefficient (Wildman–Crippen LogP) is 4.73. The molecule has 1 atom stereocenters. The molecule has 4 aromatic rings. The number of pyridine rings is 2. The minimum absolute atomic E-state index is 0.0809. The Morgan fingerprint density at radius 2 is 1.78 bits per heavy atom. The summed E-state index contributed by atoms with van der Waals surface area (Å²) in [6, 6.07) is 4.02. The molecule has 6 rings (SSSR count). The normalized spacial score (nSPS) is 17.6. The Morgan fingerprint density at radius 3 is 2.40 bits per heavy atom. The highest BCUT2D eigenvalue weighted by atomic mass is 19.1. The second-order valence-corrected chi connectivity index (χ2v) is 11.9. The zero-order valence-electron chi connectivity index (χ0n) is 28.4. The van der Waals surface area contributed by atoms with Crippen LogP contribution in [0.1, 0.15) is 55.0 Å². The Labute approximate surface area is 263 Å². The highest BCUT2D eigenvalue weighted by Gasteiger charge is 2.39. The van der Waals surface area contributed by atoms with Crippen molar-refractivity contribution in [1.82, 2.24) is 24.4 Å². The quantitative estimate of drug-likeness (QED) is 0.320. The molecule has 10 nitrogen and oxygen atoms in total. The van der Waals surface area contributed by atoms with Crippen molar-refractivity contribution in [2.24, 2.45) is 0 Å². The summed E-state index contributed by atoms with van der Waals surface area (Å²) in [5.74, 6) is -3.30. The number of aromatic hydroxyl groups is 1. The van der Waals surface area contributed by atoms with Crippen molar-refractivity contribution in [2.75, 3.05) is 43.0 Å². The average Bonchev–Trinajstić information content (AvgIpc) is 3.03. The van der Waals surface area contributed by atoms with Crippen LogP contribution in [0.2, 0.25) is 0 Å². The highest BCUT2D eigenvalue weighted by Crippen LogP contribution is 2.43. The first-order valence-corrected chi connectivity index (χ1v) is 14.7. The van der Waals surface area contributed by atoms with E-state index in [4.69, 9.17) is 4.11 Å². The lowest BCUT2D eigenvalue weighted by atomic mass is 9.99. The maximum absolute atomic E-state index is 16.3. The van der Waals surface area contributed by atoms with Crippen LogP contribution in [0, 0.1) is 11.6 Å². The largest absolute Gasteiger partial charge is 0.507 e. The van der Waals surface area contributed by atoms with Crippen molar-refractivity contribution in [2.45, 2.75) is 45.6 Å². The third-order valence-corrected chi connectivity index (χ3v) is 8.40. The molecule has 0 aliphatic carbocycles.